The summed E-state index contributed by atoms with van der Waals surface area (Å²) in [4.78, 5) is 1.56. The first-order valence-corrected chi connectivity index (χ1v) is 9.61. The number of hydrogen-bond acceptors (Lipinski definition) is 2. The van der Waals surface area contributed by atoms with Crippen molar-refractivity contribution in [1.82, 2.24) is 5.32 Å². The topological polar surface area (TPSA) is 41.6 Å². The lowest BCUT2D eigenvalue weighted by molar-refractivity contribution is -0.936. The van der Waals surface area contributed by atoms with E-state index in [0.29, 0.717) is 5.11 Å². The second-order valence-electron chi connectivity index (χ2n) is 6.59. The summed E-state index contributed by atoms with van der Waals surface area (Å²) >= 11 is 11.6. The number of likely N-dealkylation sites (tertiary alicyclic amines) is 1. The van der Waals surface area contributed by atoms with Gasteiger partial charge in [-0.25, -0.2) is 0 Å². The van der Waals surface area contributed by atoms with Crippen molar-refractivity contribution in [2.75, 3.05) is 25.0 Å². The highest BCUT2D eigenvalue weighted by Gasteiger charge is 2.28. The molecule has 6 heteroatoms. The second kappa shape index (κ2) is 8.70. The van der Waals surface area contributed by atoms with Crippen LogP contribution in [0, 0.1) is 6.92 Å². The van der Waals surface area contributed by atoms with Crippen LogP contribution in [0.4, 0.5) is 5.69 Å². The number of quaternary nitrogens is 1. The van der Waals surface area contributed by atoms with Gasteiger partial charge in [-0.05, 0) is 68.2 Å². The van der Waals surface area contributed by atoms with Crippen LogP contribution in [0.25, 0.3) is 0 Å². The number of anilines is 1. The van der Waals surface area contributed by atoms with Gasteiger partial charge < -0.3 is 20.0 Å². The third-order valence-electron chi connectivity index (χ3n) is 4.77. The van der Waals surface area contributed by atoms with Crippen molar-refractivity contribution >= 4 is 34.6 Å². The fraction of sp³-hybridized carbons (Fsp3) is 0.421. The van der Waals surface area contributed by atoms with Gasteiger partial charge in [0.05, 0.1) is 25.9 Å². The monoisotopic (exact) mass is 378 g/mol. The predicted octanol–water partition coefficient (Wildman–Crippen LogP) is 3.34. The first-order chi connectivity index (χ1) is 12.1. The van der Waals surface area contributed by atoms with Gasteiger partial charge in [-0.15, -0.1) is 0 Å². The first-order valence-electron chi connectivity index (χ1n) is 8.82. The molecule has 0 radical (unpaired) electrons. The zero-order valence-corrected chi connectivity index (χ0v) is 16.1. The summed E-state index contributed by atoms with van der Waals surface area (Å²) in [6, 6.07) is 10.1. The highest BCUT2D eigenvalue weighted by molar-refractivity contribution is 7.80. The Hall–Kier alpha value is -1.56. The maximum absolute atomic E-state index is 6.17. The van der Waals surface area contributed by atoms with Gasteiger partial charge in [0.2, 0.25) is 0 Å². The van der Waals surface area contributed by atoms with E-state index in [2.05, 4.69) is 16.7 Å². The van der Waals surface area contributed by atoms with Crippen LogP contribution < -0.4 is 15.5 Å². The molecule has 0 saturated carbocycles. The molecule has 4 nitrogen and oxygen atoms in total. The predicted molar refractivity (Wildman–Crippen MR) is 106 cm³/mol. The number of furan rings is 1. The SMILES string of the molecule is Cc1ccc(NC(=S)NC[C@@H](c2ccco2)[NH+]2CCCCC2)cc1Cl. The van der Waals surface area contributed by atoms with Crippen molar-refractivity contribution < 1.29 is 9.32 Å². The van der Waals surface area contributed by atoms with Gasteiger partial charge >= 0.3 is 0 Å². The minimum absolute atomic E-state index is 0.275. The minimum Gasteiger partial charge on any atom is -0.463 e. The summed E-state index contributed by atoms with van der Waals surface area (Å²) in [5.41, 5.74) is 1.95. The number of aryl methyl sites for hydroxylation is 1. The van der Waals surface area contributed by atoms with Crippen LogP contribution >= 0.6 is 23.8 Å². The average Bonchev–Trinajstić information content (AvgIpc) is 3.14. The molecule has 1 fully saturated rings. The molecule has 0 aliphatic carbocycles. The molecule has 134 valence electrons. The van der Waals surface area contributed by atoms with Crippen LogP contribution in [-0.4, -0.2) is 24.7 Å². The molecule has 1 aliphatic rings. The van der Waals surface area contributed by atoms with E-state index in [9.17, 15) is 0 Å². The maximum Gasteiger partial charge on any atom is 0.171 e. The zero-order chi connectivity index (χ0) is 17.6. The highest BCUT2D eigenvalue weighted by Crippen LogP contribution is 2.20. The summed E-state index contributed by atoms with van der Waals surface area (Å²) in [5.74, 6) is 1.02. The molecule has 0 unspecified atom stereocenters. The molecule has 1 saturated heterocycles. The van der Waals surface area contributed by atoms with E-state index in [1.807, 2.05) is 31.2 Å². The van der Waals surface area contributed by atoms with Crippen LogP contribution in [-0.2, 0) is 0 Å². The highest BCUT2D eigenvalue weighted by atomic mass is 35.5. The molecule has 2 aromatic rings. The molecule has 3 N–H and O–H groups in total. The quantitative estimate of drug-likeness (QED) is 0.698. The van der Waals surface area contributed by atoms with E-state index in [4.69, 9.17) is 28.2 Å². The van der Waals surface area contributed by atoms with Crippen LogP contribution in [0.1, 0.15) is 36.6 Å². The molecule has 0 spiro atoms. The van der Waals surface area contributed by atoms with E-state index in [0.717, 1.165) is 28.6 Å². The summed E-state index contributed by atoms with van der Waals surface area (Å²) in [5, 5.41) is 7.90. The third kappa shape index (κ3) is 4.97. The maximum atomic E-state index is 6.17. The van der Waals surface area contributed by atoms with Gasteiger partial charge in [0.1, 0.15) is 0 Å². The summed E-state index contributed by atoms with van der Waals surface area (Å²) in [6.45, 7) is 5.09. The largest absolute Gasteiger partial charge is 0.463 e. The molecule has 1 aromatic carbocycles. The molecule has 1 atom stereocenters. The van der Waals surface area contributed by atoms with Crippen LogP contribution in [0.5, 0.6) is 0 Å². The Labute approximate surface area is 159 Å². The number of benzene rings is 1. The standard InChI is InChI=1S/C19H24ClN3OS/c1-14-7-8-15(12-16(14)20)22-19(25)21-13-17(18-6-5-11-24-18)23-9-3-2-4-10-23/h5-8,11-12,17H,2-4,9-10,13H2,1H3,(H2,21,22,25)/p+1/t17-/m0/s1. The lowest BCUT2D eigenvalue weighted by Gasteiger charge is -2.30. The molecule has 1 aliphatic heterocycles. The molecular formula is C19H25ClN3OS+. The van der Waals surface area contributed by atoms with Crippen molar-refractivity contribution in [2.45, 2.75) is 32.2 Å². The van der Waals surface area contributed by atoms with Crippen molar-refractivity contribution in [2.24, 2.45) is 0 Å². The molecule has 0 bridgehead atoms. The average molecular weight is 379 g/mol. The van der Waals surface area contributed by atoms with E-state index >= 15 is 0 Å². The Morgan fingerprint density at radius 1 is 1.28 bits per heavy atom. The number of piperidine rings is 1. The summed E-state index contributed by atoms with van der Waals surface area (Å²) in [7, 11) is 0. The first kappa shape index (κ1) is 18.2. The van der Waals surface area contributed by atoms with E-state index < -0.39 is 0 Å². The van der Waals surface area contributed by atoms with Crippen molar-refractivity contribution in [1.29, 1.82) is 0 Å². The second-order valence-corrected chi connectivity index (χ2v) is 7.40. The number of rotatable bonds is 5. The number of thiocarbonyl (C=S) groups is 1. The van der Waals surface area contributed by atoms with Crippen LogP contribution in [0.3, 0.4) is 0 Å². The zero-order valence-electron chi connectivity index (χ0n) is 14.5. The van der Waals surface area contributed by atoms with Crippen LogP contribution in [0.2, 0.25) is 5.02 Å². The van der Waals surface area contributed by atoms with E-state index in [-0.39, 0.29) is 6.04 Å². The number of halogens is 1. The lowest BCUT2D eigenvalue weighted by atomic mass is 10.1. The Morgan fingerprint density at radius 2 is 2.08 bits per heavy atom. The Balaban J connectivity index is 1.60. The normalized spacial score (nSPS) is 16.4. The van der Waals surface area contributed by atoms with Gasteiger partial charge in [-0.3, -0.25) is 0 Å². The minimum atomic E-state index is 0.275. The number of hydrogen-bond donors (Lipinski definition) is 3. The van der Waals surface area contributed by atoms with E-state index in [1.54, 1.807) is 11.2 Å². The molecule has 3 rings (SSSR count). The molecular weight excluding hydrogens is 354 g/mol. The molecule has 25 heavy (non-hydrogen) atoms. The molecule has 2 heterocycles. The van der Waals surface area contributed by atoms with Gasteiger partial charge in [0.25, 0.3) is 0 Å². The van der Waals surface area contributed by atoms with Gasteiger partial charge in [-0.1, -0.05) is 17.7 Å². The fourth-order valence-electron chi connectivity index (χ4n) is 3.33. The van der Waals surface area contributed by atoms with Crippen molar-refractivity contribution in [3.63, 3.8) is 0 Å². The Morgan fingerprint density at radius 3 is 2.76 bits per heavy atom. The Kier molecular flexibility index (Phi) is 6.34. The number of nitrogens with one attached hydrogen (secondary N) is 3. The smallest absolute Gasteiger partial charge is 0.171 e. The van der Waals surface area contributed by atoms with Gasteiger partial charge in [0, 0.05) is 10.7 Å². The van der Waals surface area contributed by atoms with Crippen molar-refractivity contribution in [3.8, 4) is 0 Å². The molecule has 1 aromatic heterocycles. The Bertz CT molecular complexity index is 699. The summed E-state index contributed by atoms with van der Waals surface area (Å²) < 4.78 is 5.69. The lowest BCUT2D eigenvalue weighted by Crippen LogP contribution is -3.13. The summed E-state index contributed by atoms with van der Waals surface area (Å²) in [6.07, 6.45) is 5.63. The van der Waals surface area contributed by atoms with E-state index in [1.165, 1.54) is 32.4 Å². The molecule has 0 amide bonds. The van der Waals surface area contributed by atoms with Gasteiger partial charge in [-0.2, -0.15) is 0 Å². The van der Waals surface area contributed by atoms with Gasteiger partial charge in [0.15, 0.2) is 16.9 Å². The third-order valence-corrected chi connectivity index (χ3v) is 5.43. The van der Waals surface area contributed by atoms with Crippen LogP contribution in [0.15, 0.2) is 41.0 Å². The fourth-order valence-corrected chi connectivity index (χ4v) is 3.71. The van der Waals surface area contributed by atoms with Crippen molar-refractivity contribution in [3.05, 3.63) is 52.9 Å².